The van der Waals surface area contributed by atoms with E-state index in [4.69, 9.17) is 5.73 Å². The Hall–Kier alpha value is -3.10. The van der Waals surface area contributed by atoms with Crippen LogP contribution in [0.25, 0.3) is 5.82 Å². The zero-order chi connectivity index (χ0) is 21.7. The highest BCUT2D eigenvalue weighted by atomic mass is 35.5. The van der Waals surface area contributed by atoms with Crippen molar-refractivity contribution in [3.8, 4) is 5.82 Å². The monoisotopic (exact) mass is 478 g/mol. The summed E-state index contributed by atoms with van der Waals surface area (Å²) in [4.78, 5) is 33.6. The fourth-order valence-corrected chi connectivity index (χ4v) is 3.16. The summed E-state index contributed by atoms with van der Waals surface area (Å²) in [5, 5.41) is 5.70. The summed E-state index contributed by atoms with van der Waals surface area (Å²) >= 11 is 0. The largest absolute Gasteiger partial charge is 0.396 e. The van der Waals surface area contributed by atoms with Gasteiger partial charge in [-0.25, -0.2) is 9.97 Å². The van der Waals surface area contributed by atoms with E-state index in [2.05, 4.69) is 20.6 Å². The third kappa shape index (κ3) is 6.21. The molecule has 0 aliphatic rings. The Morgan fingerprint density at radius 1 is 1.16 bits per heavy atom. The number of carbonyl (C=O) groups is 1. The number of hydrogen-bond acceptors (Lipinski definition) is 6. The van der Waals surface area contributed by atoms with Gasteiger partial charge in [-0.1, -0.05) is 30.3 Å². The van der Waals surface area contributed by atoms with Crippen molar-refractivity contribution in [3.63, 3.8) is 0 Å². The van der Waals surface area contributed by atoms with E-state index < -0.39 is 0 Å². The van der Waals surface area contributed by atoms with Crippen LogP contribution in [0.5, 0.6) is 0 Å². The normalized spacial score (nSPS) is 9.97. The molecular formula is C22H28Cl2N6O2. The molecule has 2 heterocycles. The number of rotatable bonds is 7. The van der Waals surface area contributed by atoms with Gasteiger partial charge in [-0.2, -0.15) is 0 Å². The van der Waals surface area contributed by atoms with Crippen LogP contribution in [0.3, 0.4) is 0 Å². The lowest BCUT2D eigenvalue weighted by molar-refractivity contribution is -0.119. The summed E-state index contributed by atoms with van der Waals surface area (Å²) in [5.41, 5.74) is 9.37. The molecule has 8 nitrogen and oxygen atoms in total. The Morgan fingerprint density at radius 2 is 1.84 bits per heavy atom. The second-order valence-corrected chi connectivity index (χ2v) is 7.05. The second kappa shape index (κ2) is 12.1. The molecule has 0 saturated heterocycles. The van der Waals surface area contributed by atoms with Gasteiger partial charge in [0, 0.05) is 31.2 Å². The van der Waals surface area contributed by atoms with Crippen LogP contribution in [0.1, 0.15) is 22.5 Å². The van der Waals surface area contributed by atoms with Crippen molar-refractivity contribution < 1.29 is 4.79 Å². The number of aromatic nitrogens is 3. The van der Waals surface area contributed by atoms with Crippen LogP contribution in [-0.2, 0) is 17.6 Å². The van der Waals surface area contributed by atoms with Crippen molar-refractivity contribution in [1.82, 2.24) is 19.9 Å². The summed E-state index contributed by atoms with van der Waals surface area (Å²) in [6.07, 6.45) is 2.56. The third-order valence-corrected chi connectivity index (χ3v) is 4.86. The average Bonchev–Trinajstić information content (AvgIpc) is 2.73. The minimum atomic E-state index is -0.319. The van der Waals surface area contributed by atoms with Crippen LogP contribution in [0.2, 0.25) is 0 Å². The van der Waals surface area contributed by atoms with Crippen molar-refractivity contribution >= 4 is 42.2 Å². The third-order valence-electron chi connectivity index (χ3n) is 4.86. The van der Waals surface area contributed by atoms with E-state index in [9.17, 15) is 9.59 Å². The summed E-state index contributed by atoms with van der Waals surface area (Å²) in [7, 11) is 1.58. The van der Waals surface area contributed by atoms with Crippen LogP contribution in [0, 0.1) is 13.8 Å². The number of nitrogens with one attached hydrogen (secondary N) is 2. The van der Waals surface area contributed by atoms with Gasteiger partial charge < -0.3 is 16.4 Å². The summed E-state index contributed by atoms with van der Waals surface area (Å²) in [6, 6.07) is 11.7. The molecule has 2 aromatic heterocycles. The van der Waals surface area contributed by atoms with E-state index in [0.717, 1.165) is 12.0 Å². The van der Waals surface area contributed by atoms with Gasteiger partial charge in [0.2, 0.25) is 5.91 Å². The molecule has 1 aromatic carbocycles. The molecule has 3 rings (SSSR count). The molecule has 0 saturated carbocycles. The minimum Gasteiger partial charge on any atom is -0.396 e. The number of likely N-dealkylation sites (N-methyl/N-ethyl adjacent to an activating group) is 1. The molecule has 0 bridgehead atoms. The van der Waals surface area contributed by atoms with Crippen LogP contribution in [-0.4, -0.2) is 34.0 Å². The van der Waals surface area contributed by atoms with Gasteiger partial charge in [-0.05, 0) is 37.5 Å². The highest BCUT2D eigenvalue weighted by Gasteiger charge is 2.16. The number of halogens is 2. The highest BCUT2D eigenvalue weighted by Crippen LogP contribution is 2.20. The minimum absolute atomic E-state index is 0. The Kier molecular flexibility index (Phi) is 10.2. The topological polar surface area (TPSA) is 115 Å². The predicted octanol–water partition coefficient (Wildman–Crippen LogP) is 2.61. The fraction of sp³-hybridized carbons (Fsp3) is 0.273. The maximum Gasteiger partial charge on any atom is 0.299 e. The molecule has 10 heteroatoms. The van der Waals surface area contributed by atoms with Gasteiger partial charge in [0.1, 0.15) is 0 Å². The van der Waals surface area contributed by atoms with Gasteiger partial charge in [0.15, 0.2) is 11.6 Å². The molecule has 0 spiro atoms. The lowest BCUT2D eigenvalue weighted by Crippen LogP contribution is -2.28. The standard InChI is InChI=1S/C22H26N6O2.2ClH/c1-14-13-26-20(25-10-9-16-7-5-4-6-8-16)22(30)28(14)21-18(23)11-17(15(2)27-21)12-19(29)24-3;;/h4-8,11,13H,9-10,12,23H2,1-3H3,(H,24,29)(H,25,26);2*1H. The number of aryl methyl sites for hydroxylation is 2. The van der Waals surface area contributed by atoms with Crippen LogP contribution < -0.4 is 21.9 Å². The van der Waals surface area contributed by atoms with Crippen molar-refractivity contribution in [3.05, 3.63) is 75.5 Å². The number of nitrogens with two attached hydrogens (primary N) is 1. The van der Waals surface area contributed by atoms with Gasteiger partial charge >= 0.3 is 0 Å². The van der Waals surface area contributed by atoms with Crippen LogP contribution >= 0.6 is 24.8 Å². The summed E-state index contributed by atoms with van der Waals surface area (Å²) in [6.45, 7) is 4.14. The molecule has 0 aliphatic carbocycles. The van der Waals surface area contributed by atoms with Crippen molar-refractivity contribution in [2.45, 2.75) is 26.7 Å². The zero-order valence-corrected chi connectivity index (χ0v) is 19.8. The van der Waals surface area contributed by atoms with Crippen molar-refractivity contribution in [2.24, 2.45) is 0 Å². The van der Waals surface area contributed by atoms with Crippen molar-refractivity contribution in [1.29, 1.82) is 0 Å². The molecule has 0 fully saturated rings. The Labute approximate surface area is 199 Å². The fourth-order valence-electron chi connectivity index (χ4n) is 3.16. The number of nitrogen functional groups attached to an aromatic ring is 1. The van der Waals surface area contributed by atoms with Crippen molar-refractivity contribution in [2.75, 3.05) is 24.6 Å². The first kappa shape index (κ1) is 26.9. The lowest BCUT2D eigenvalue weighted by Gasteiger charge is -2.15. The summed E-state index contributed by atoms with van der Waals surface area (Å²) in [5.74, 6) is 0.447. The summed E-state index contributed by atoms with van der Waals surface area (Å²) < 4.78 is 1.45. The molecule has 1 amide bonds. The zero-order valence-electron chi connectivity index (χ0n) is 18.2. The Balaban J connectivity index is 0.00000256. The Bertz CT molecular complexity index is 1120. The molecule has 4 N–H and O–H groups in total. The first-order chi connectivity index (χ1) is 14.4. The average molecular weight is 479 g/mol. The van der Waals surface area contributed by atoms with Crippen LogP contribution in [0.4, 0.5) is 11.5 Å². The number of carbonyl (C=O) groups excluding carboxylic acids is 1. The van der Waals surface area contributed by atoms with E-state index in [1.807, 2.05) is 30.3 Å². The SMILES string of the molecule is CNC(=O)Cc1cc(N)c(-n2c(C)cnc(NCCc3ccccc3)c2=O)nc1C.Cl.Cl. The van der Waals surface area contributed by atoms with E-state index in [-0.39, 0.29) is 48.5 Å². The quantitative estimate of drug-likeness (QED) is 0.480. The molecule has 0 unspecified atom stereocenters. The second-order valence-electron chi connectivity index (χ2n) is 7.05. The number of anilines is 2. The first-order valence-corrected chi connectivity index (χ1v) is 9.74. The molecule has 32 heavy (non-hydrogen) atoms. The lowest BCUT2D eigenvalue weighted by atomic mass is 10.1. The number of hydrogen-bond donors (Lipinski definition) is 3. The van der Waals surface area contributed by atoms with E-state index in [0.29, 0.717) is 29.4 Å². The van der Waals surface area contributed by atoms with Gasteiger partial charge in [0.25, 0.3) is 5.56 Å². The Morgan fingerprint density at radius 3 is 2.50 bits per heavy atom. The van der Waals surface area contributed by atoms with E-state index >= 15 is 0 Å². The number of benzene rings is 1. The molecular weight excluding hydrogens is 451 g/mol. The number of nitrogens with zero attached hydrogens (tertiary/aromatic N) is 3. The number of amides is 1. The van der Waals surface area contributed by atoms with Gasteiger partial charge in [-0.3, -0.25) is 14.2 Å². The molecule has 172 valence electrons. The smallest absolute Gasteiger partial charge is 0.299 e. The maximum absolute atomic E-state index is 13.1. The molecule has 0 atom stereocenters. The highest BCUT2D eigenvalue weighted by molar-refractivity contribution is 5.85. The number of pyridine rings is 1. The molecule has 3 aromatic rings. The van der Waals surface area contributed by atoms with E-state index in [1.54, 1.807) is 33.2 Å². The van der Waals surface area contributed by atoms with Gasteiger partial charge in [-0.15, -0.1) is 24.8 Å². The molecule has 0 radical (unpaired) electrons. The van der Waals surface area contributed by atoms with E-state index in [1.165, 1.54) is 10.1 Å². The van der Waals surface area contributed by atoms with Gasteiger partial charge in [0.05, 0.1) is 12.1 Å². The maximum atomic E-state index is 13.1. The predicted molar refractivity (Wildman–Crippen MR) is 132 cm³/mol. The first-order valence-electron chi connectivity index (χ1n) is 9.74. The van der Waals surface area contributed by atoms with Crippen LogP contribution in [0.15, 0.2) is 47.4 Å². The molecule has 0 aliphatic heterocycles.